The lowest BCUT2D eigenvalue weighted by Crippen LogP contribution is -2.15. The van der Waals surface area contributed by atoms with Gasteiger partial charge in [-0.2, -0.15) is 0 Å². The van der Waals surface area contributed by atoms with E-state index >= 15 is 0 Å². The monoisotopic (exact) mass is 530 g/mol. The molecule has 0 radical (unpaired) electrons. The summed E-state index contributed by atoms with van der Waals surface area (Å²) in [6.07, 6.45) is 3.10. The van der Waals surface area contributed by atoms with Gasteiger partial charge in [0.05, 0.1) is 13.7 Å². The molecule has 3 rings (SSSR count). The second kappa shape index (κ2) is 11.0. The molecule has 0 aliphatic rings. The average Bonchev–Trinajstić information content (AvgIpc) is 2.80. The lowest BCUT2D eigenvalue weighted by molar-refractivity contribution is -0.111. The number of carbonyl (C=O) groups is 1. The van der Waals surface area contributed by atoms with Gasteiger partial charge in [0.15, 0.2) is 0 Å². The molecule has 2 N–H and O–H groups in total. The first kappa shape index (κ1) is 24.3. The quantitative estimate of drug-likeness (QED) is 0.365. The fourth-order valence-corrected chi connectivity index (χ4v) is 4.61. The van der Waals surface area contributed by atoms with E-state index in [0.29, 0.717) is 22.5 Å². The fraction of sp³-hybridized carbons (Fsp3) is 0.125. The minimum absolute atomic E-state index is 0.0276. The summed E-state index contributed by atoms with van der Waals surface area (Å²) < 4.78 is 39.4. The second-order valence-corrected chi connectivity index (χ2v) is 9.37. The van der Waals surface area contributed by atoms with Crippen molar-refractivity contribution in [2.24, 2.45) is 0 Å². The summed E-state index contributed by atoms with van der Waals surface area (Å²) in [7, 11) is -2.29. The maximum absolute atomic E-state index is 12.9. The Hall–Kier alpha value is -3.30. The van der Waals surface area contributed by atoms with Gasteiger partial charge < -0.3 is 14.8 Å². The van der Waals surface area contributed by atoms with Gasteiger partial charge in [-0.1, -0.05) is 28.1 Å². The Bertz CT molecular complexity index is 1240. The minimum Gasteiger partial charge on any atom is -0.497 e. The predicted octanol–water partition coefficient (Wildman–Crippen LogP) is 5.31. The van der Waals surface area contributed by atoms with E-state index in [4.69, 9.17) is 9.47 Å². The third-order valence-corrected chi connectivity index (χ3v) is 6.34. The molecule has 33 heavy (non-hydrogen) atoms. The number of ether oxygens (including phenoxy) is 2. The van der Waals surface area contributed by atoms with Gasteiger partial charge in [0, 0.05) is 21.9 Å². The van der Waals surface area contributed by atoms with E-state index in [-0.39, 0.29) is 16.6 Å². The molecule has 3 aromatic carbocycles. The number of benzene rings is 3. The number of anilines is 2. The number of halogens is 1. The number of nitrogens with one attached hydrogen (secondary N) is 2. The third-order valence-electron chi connectivity index (χ3n) is 4.44. The van der Waals surface area contributed by atoms with Crippen LogP contribution in [0, 0.1) is 0 Å². The smallest absolute Gasteiger partial charge is 0.265 e. The van der Waals surface area contributed by atoms with Gasteiger partial charge in [-0.25, -0.2) is 8.42 Å². The zero-order valence-corrected chi connectivity index (χ0v) is 20.4. The van der Waals surface area contributed by atoms with E-state index in [1.165, 1.54) is 12.1 Å². The molecule has 0 bridgehead atoms. The van der Waals surface area contributed by atoms with Gasteiger partial charge in [0.2, 0.25) is 5.91 Å². The molecular weight excluding hydrogens is 508 g/mol. The van der Waals surface area contributed by atoms with Gasteiger partial charge in [0.1, 0.15) is 16.4 Å². The highest BCUT2D eigenvalue weighted by Crippen LogP contribution is 2.29. The number of hydrogen-bond acceptors (Lipinski definition) is 5. The van der Waals surface area contributed by atoms with E-state index in [9.17, 15) is 13.2 Å². The van der Waals surface area contributed by atoms with Crippen molar-refractivity contribution in [1.29, 1.82) is 0 Å². The molecule has 172 valence electrons. The Kier molecular flexibility index (Phi) is 8.13. The van der Waals surface area contributed by atoms with E-state index < -0.39 is 10.0 Å². The van der Waals surface area contributed by atoms with Crippen molar-refractivity contribution < 1.29 is 22.7 Å². The van der Waals surface area contributed by atoms with Crippen molar-refractivity contribution in [2.75, 3.05) is 23.8 Å². The van der Waals surface area contributed by atoms with Crippen LogP contribution in [0.15, 0.2) is 82.2 Å². The Morgan fingerprint density at radius 3 is 2.30 bits per heavy atom. The van der Waals surface area contributed by atoms with E-state index in [1.807, 2.05) is 24.3 Å². The second-order valence-electron chi connectivity index (χ2n) is 6.80. The van der Waals surface area contributed by atoms with Crippen molar-refractivity contribution >= 4 is 49.3 Å². The molecule has 3 aromatic rings. The summed E-state index contributed by atoms with van der Waals surface area (Å²) in [6, 6.07) is 18.4. The maximum Gasteiger partial charge on any atom is 0.265 e. The largest absolute Gasteiger partial charge is 0.497 e. The summed E-state index contributed by atoms with van der Waals surface area (Å²) in [5, 5.41) is 2.74. The van der Waals surface area contributed by atoms with Crippen molar-refractivity contribution in [2.45, 2.75) is 11.8 Å². The van der Waals surface area contributed by atoms with E-state index in [0.717, 1.165) is 11.3 Å². The number of sulfonamides is 1. The van der Waals surface area contributed by atoms with Crippen molar-refractivity contribution in [3.05, 3.63) is 82.8 Å². The van der Waals surface area contributed by atoms with Gasteiger partial charge in [-0.05, 0) is 73.2 Å². The maximum atomic E-state index is 12.9. The summed E-state index contributed by atoms with van der Waals surface area (Å²) >= 11 is 3.29. The van der Waals surface area contributed by atoms with Crippen LogP contribution in [0.3, 0.4) is 0 Å². The van der Waals surface area contributed by atoms with Crippen molar-refractivity contribution in [1.82, 2.24) is 0 Å². The SMILES string of the molecule is CCOc1ccc(Br)cc1S(=O)(=O)Nc1ccc(NC(=O)C=Cc2ccc(OC)cc2)cc1. The highest BCUT2D eigenvalue weighted by Gasteiger charge is 2.20. The van der Waals surface area contributed by atoms with Gasteiger partial charge in [0.25, 0.3) is 10.0 Å². The lowest BCUT2D eigenvalue weighted by atomic mass is 10.2. The van der Waals surface area contributed by atoms with E-state index in [2.05, 4.69) is 26.0 Å². The molecule has 0 atom stereocenters. The van der Waals surface area contributed by atoms with Gasteiger partial charge in [-0.15, -0.1) is 0 Å². The van der Waals surface area contributed by atoms with Crippen LogP contribution < -0.4 is 19.5 Å². The molecular formula is C24H23BrN2O5S. The van der Waals surface area contributed by atoms with Crippen LogP contribution >= 0.6 is 15.9 Å². The molecule has 0 saturated heterocycles. The van der Waals surface area contributed by atoms with Crippen LogP contribution in [0.5, 0.6) is 11.5 Å². The molecule has 0 unspecified atom stereocenters. The topological polar surface area (TPSA) is 93.7 Å². The summed E-state index contributed by atoms with van der Waals surface area (Å²) in [6.45, 7) is 2.12. The highest BCUT2D eigenvalue weighted by atomic mass is 79.9. The molecule has 0 heterocycles. The first-order valence-electron chi connectivity index (χ1n) is 9.99. The normalized spacial score (nSPS) is 11.2. The number of amides is 1. The van der Waals surface area contributed by atoms with Crippen LogP contribution in [0.4, 0.5) is 11.4 Å². The minimum atomic E-state index is -3.88. The molecule has 0 aliphatic carbocycles. The number of carbonyl (C=O) groups excluding carboxylic acids is 1. The summed E-state index contributed by atoms with van der Waals surface area (Å²) in [4.78, 5) is 12.2. The predicted molar refractivity (Wildman–Crippen MR) is 133 cm³/mol. The Morgan fingerprint density at radius 1 is 1.00 bits per heavy atom. The summed E-state index contributed by atoms with van der Waals surface area (Å²) in [5.74, 6) is 0.691. The van der Waals surface area contributed by atoms with Crippen LogP contribution in [-0.4, -0.2) is 28.0 Å². The summed E-state index contributed by atoms with van der Waals surface area (Å²) in [5.41, 5.74) is 1.73. The van der Waals surface area contributed by atoms with Crippen LogP contribution in [0.25, 0.3) is 6.08 Å². The highest BCUT2D eigenvalue weighted by molar-refractivity contribution is 9.10. The Balaban J connectivity index is 1.65. The first-order chi connectivity index (χ1) is 15.8. The van der Waals surface area contributed by atoms with Crippen molar-refractivity contribution in [3.8, 4) is 11.5 Å². The van der Waals surface area contributed by atoms with E-state index in [1.54, 1.807) is 56.5 Å². The average molecular weight is 531 g/mol. The lowest BCUT2D eigenvalue weighted by Gasteiger charge is -2.13. The van der Waals surface area contributed by atoms with Crippen LogP contribution in [0.2, 0.25) is 0 Å². The third kappa shape index (κ3) is 6.84. The molecule has 0 aliphatic heterocycles. The Labute approximate surface area is 201 Å². The van der Waals surface area contributed by atoms with Gasteiger partial charge in [-0.3, -0.25) is 9.52 Å². The van der Waals surface area contributed by atoms with Crippen LogP contribution in [-0.2, 0) is 14.8 Å². The number of rotatable bonds is 9. The first-order valence-corrected chi connectivity index (χ1v) is 12.3. The number of methoxy groups -OCH3 is 1. The zero-order valence-electron chi connectivity index (χ0n) is 18.0. The van der Waals surface area contributed by atoms with Gasteiger partial charge >= 0.3 is 0 Å². The standard InChI is InChI=1S/C24H23BrN2O5S/c1-3-32-22-14-7-18(25)16-23(22)33(29,30)27-20-10-8-19(9-11-20)26-24(28)15-6-17-4-12-21(31-2)13-5-17/h4-16,27H,3H2,1-2H3,(H,26,28). The molecule has 0 spiro atoms. The fourth-order valence-electron chi connectivity index (χ4n) is 2.87. The Morgan fingerprint density at radius 2 is 1.67 bits per heavy atom. The molecule has 7 nitrogen and oxygen atoms in total. The molecule has 0 saturated carbocycles. The molecule has 1 amide bonds. The molecule has 0 aromatic heterocycles. The zero-order chi connectivity index (χ0) is 23.8. The number of hydrogen-bond donors (Lipinski definition) is 2. The van der Waals surface area contributed by atoms with Crippen LogP contribution in [0.1, 0.15) is 12.5 Å². The molecule has 0 fully saturated rings. The van der Waals surface area contributed by atoms with Crippen molar-refractivity contribution in [3.63, 3.8) is 0 Å². The molecule has 9 heteroatoms.